The van der Waals surface area contributed by atoms with Gasteiger partial charge in [0, 0.05) is 31.9 Å². The molecule has 0 radical (unpaired) electrons. The van der Waals surface area contributed by atoms with Gasteiger partial charge < -0.3 is 19.9 Å². The van der Waals surface area contributed by atoms with Gasteiger partial charge in [0.1, 0.15) is 0 Å². The summed E-state index contributed by atoms with van der Waals surface area (Å²) in [5.74, 6) is 1.17. The number of morpholine rings is 1. The molecule has 0 aliphatic carbocycles. The molecule has 2 aromatic rings. The highest BCUT2D eigenvalue weighted by atomic mass is 19.4. The number of hydrogen-bond donors (Lipinski definition) is 1. The van der Waals surface area contributed by atoms with Gasteiger partial charge in [-0.2, -0.15) is 28.1 Å². The highest BCUT2D eigenvalue weighted by Crippen LogP contribution is 2.31. The van der Waals surface area contributed by atoms with Crippen molar-refractivity contribution in [3.63, 3.8) is 0 Å². The minimum atomic E-state index is -4.41. The number of benzene rings is 1. The van der Waals surface area contributed by atoms with Gasteiger partial charge in [-0.3, -0.25) is 0 Å². The van der Waals surface area contributed by atoms with Crippen molar-refractivity contribution in [2.24, 2.45) is 0 Å². The number of alkyl halides is 3. The second-order valence-electron chi connectivity index (χ2n) is 6.23. The molecule has 1 aromatic carbocycles. The maximum absolute atomic E-state index is 13.0. The Labute approximate surface area is 161 Å². The van der Waals surface area contributed by atoms with E-state index in [4.69, 9.17) is 4.74 Å². The Morgan fingerprint density at radius 2 is 1.82 bits per heavy atom. The molecule has 3 rings (SSSR count). The Bertz CT molecular complexity index is 791. The number of halogens is 3. The molecular weight excluding hydrogens is 373 g/mol. The van der Waals surface area contributed by atoms with Crippen molar-refractivity contribution in [2.75, 3.05) is 54.5 Å². The molecule has 1 aliphatic heterocycles. The van der Waals surface area contributed by atoms with Crippen molar-refractivity contribution in [1.29, 1.82) is 0 Å². The number of anilines is 4. The molecule has 0 bridgehead atoms. The van der Waals surface area contributed by atoms with Crippen LogP contribution in [0.1, 0.15) is 19.4 Å². The largest absolute Gasteiger partial charge is 0.416 e. The molecule has 0 amide bonds. The Balaban J connectivity index is 1.94. The number of nitrogens with one attached hydrogen (secondary N) is 1. The number of ether oxygens (including phenoxy) is 1. The van der Waals surface area contributed by atoms with Crippen LogP contribution in [-0.2, 0) is 10.9 Å². The second-order valence-corrected chi connectivity index (χ2v) is 6.23. The van der Waals surface area contributed by atoms with Crippen molar-refractivity contribution >= 4 is 23.5 Å². The van der Waals surface area contributed by atoms with E-state index >= 15 is 0 Å². The zero-order valence-corrected chi connectivity index (χ0v) is 15.8. The van der Waals surface area contributed by atoms with Crippen LogP contribution < -0.4 is 15.1 Å². The molecule has 7 nitrogen and oxygen atoms in total. The molecule has 1 N–H and O–H groups in total. The van der Waals surface area contributed by atoms with Crippen molar-refractivity contribution in [3.8, 4) is 0 Å². The van der Waals surface area contributed by atoms with Gasteiger partial charge in [0.25, 0.3) is 0 Å². The minimum absolute atomic E-state index is 0.206. The standard InChI is InChI=1S/C18H23F3N6O/c1-3-26(4-2)16-23-15(24-17(25-16)27-8-10-28-11-9-27)22-14-7-5-6-13(12-14)18(19,20)21/h5-7,12H,3-4,8-11H2,1-2H3,(H,22,23,24,25). The Morgan fingerprint density at radius 3 is 2.46 bits per heavy atom. The van der Waals surface area contributed by atoms with E-state index in [1.165, 1.54) is 6.07 Å². The van der Waals surface area contributed by atoms with E-state index in [1.807, 2.05) is 23.6 Å². The predicted molar refractivity (Wildman–Crippen MR) is 101 cm³/mol. The number of hydrogen-bond acceptors (Lipinski definition) is 7. The fourth-order valence-corrected chi connectivity index (χ4v) is 2.86. The van der Waals surface area contributed by atoms with Crippen molar-refractivity contribution < 1.29 is 17.9 Å². The van der Waals surface area contributed by atoms with Crippen molar-refractivity contribution in [3.05, 3.63) is 29.8 Å². The maximum Gasteiger partial charge on any atom is 0.416 e. The highest BCUT2D eigenvalue weighted by molar-refractivity contribution is 5.57. The van der Waals surface area contributed by atoms with Crippen LogP contribution in [0.5, 0.6) is 0 Å². The van der Waals surface area contributed by atoms with Crippen LogP contribution in [-0.4, -0.2) is 54.3 Å². The van der Waals surface area contributed by atoms with Crippen LogP contribution in [0.25, 0.3) is 0 Å². The summed E-state index contributed by atoms with van der Waals surface area (Å²) in [5.41, 5.74) is -0.469. The summed E-state index contributed by atoms with van der Waals surface area (Å²) in [6, 6.07) is 4.96. The summed E-state index contributed by atoms with van der Waals surface area (Å²) in [5, 5.41) is 2.89. The van der Waals surface area contributed by atoms with E-state index in [1.54, 1.807) is 6.07 Å². The molecule has 1 aromatic heterocycles. The third-order valence-electron chi connectivity index (χ3n) is 4.40. The zero-order valence-electron chi connectivity index (χ0n) is 15.8. The van der Waals surface area contributed by atoms with Crippen LogP contribution >= 0.6 is 0 Å². The van der Waals surface area contributed by atoms with E-state index < -0.39 is 11.7 Å². The fraction of sp³-hybridized carbons (Fsp3) is 0.500. The van der Waals surface area contributed by atoms with Gasteiger partial charge in [-0.15, -0.1) is 0 Å². The number of nitrogens with zero attached hydrogens (tertiary/aromatic N) is 5. The normalized spacial score (nSPS) is 14.8. The first-order valence-corrected chi connectivity index (χ1v) is 9.18. The lowest BCUT2D eigenvalue weighted by molar-refractivity contribution is -0.137. The first-order valence-electron chi connectivity index (χ1n) is 9.18. The average Bonchev–Trinajstić information content (AvgIpc) is 2.69. The molecule has 10 heteroatoms. The minimum Gasteiger partial charge on any atom is -0.378 e. The van der Waals surface area contributed by atoms with E-state index in [0.717, 1.165) is 12.1 Å². The van der Waals surface area contributed by atoms with Gasteiger partial charge in [0.15, 0.2) is 0 Å². The summed E-state index contributed by atoms with van der Waals surface area (Å²) >= 11 is 0. The maximum atomic E-state index is 13.0. The first kappa shape index (κ1) is 20.1. The van der Waals surface area contributed by atoms with Gasteiger partial charge in [-0.25, -0.2) is 0 Å². The van der Waals surface area contributed by atoms with Gasteiger partial charge >= 0.3 is 6.18 Å². The zero-order chi connectivity index (χ0) is 20.1. The monoisotopic (exact) mass is 396 g/mol. The Hall–Kier alpha value is -2.62. The Kier molecular flexibility index (Phi) is 6.18. The first-order chi connectivity index (χ1) is 13.4. The molecule has 2 heterocycles. The van der Waals surface area contributed by atoms with Gasteiger partial charge in [0.2, 0.25) is 17.8 Å². The molecule has 0 spiro atoms. The number of aromatic nitrogens is 3. The van der Waals surface area contributed by atoms with Crippen molar-refractivity contribution in [1.82, 2.24) is 15.0 Å². The second kappa shape index (κ2) is 8.59. The lowest BCUT2D eigenvalue weighted by atomic mass is 10.2. The van der Waals surface area contributed by atoms with E-state index in [9.17, 15) is 13.2 Å². The van der Waals surface area contributed by atoms with Crippen LogP contribution in [0.4, 0.5) is 36.7 Å². The van der Waals surface area contributed by atoms with Crippen molar-refractivity contribution in [2.45, 2.75) is 20.0 Å². The highest BCUT2D eigenvalue weighted by Gasteiger charge is 2.30. The molecule has 0 saturated carbocycles. The third-order valence-corrected chi connectivity index (χ3v) is 4.40. The topological polar surface area (TPSA) is 66.4 Å². The van der Waals surface area contributed by atoms with Crippen LogP contribution in [0.2, 0.25) is 0 Å². The molecule has 1 saturated heterocycles. The molecular formula is C18H23F3N6O. The van der Waals surface area contributed by atoms with Gasteiger partial charge in [0.05, 0.1) is 18.8 Å². The summed E-state index contributed by atoms with van der Waals surface area (Å²) in [6.07, 6.45) is -4.41. The molecule has 0 unspecified atom stereocenters. The van der Waals surface area contributed by atoms with E-state index in [0.29, 0.717) is 51.3 Å². The summed E-state index contributed by atoms with van der Waals surface area (Å²) in [6.45, 7) is 7.81. The Morgan fingerprint density at radius 1 is 1.11 bits per heavy atom. The van der Waals surface area contributed by atoms with Gasteiger partial charge in [-0.05, 0) is 32.0 Å². The predicted octanol–water partition coefficient (Wildman–Crippen LogP) is 3.32. The smallest absolute Gasteiger partial charge is 0.378 e. The fourth-order valence-electron chi connectivity index (χ4n) is 2.86. The van der Waals surface area contributed by atoms with Gasteiger partial charge in [-0.1, -0.05) is 6.07 Å². The number of rotatable bonds is 6. The molecule has 28 heavy (non-hydrogen) atoms. The molecule has 1 aliphatic rings. The van der Waals surface area contributed by atoms with E-state index in [2.05, 4.69) is 20.3 Å². The van der Waals surface area contributed by atoms with Crippen LogP contribution in [0, 0.1) is 0 Å². The van der Waals surface area contributed by atoms with Crippen LogP contribution in [0.15, 0.2) is 24.3 Å². The lowest BCUT2D eigenvalue weighted by Gasteiger charge is -2.28. The average molecular weight is 396 g/mol. The summed E-state index contributed by atoms with van der Waals surface area (Å²) in [7, 11) is 0. The van der Waals surface area contributed by atoms with Crippen LogP contribution in [0.3, 0.4) is 0 Å². The SMILES string of the molecule is CCN(CC)c1nc(Nc2cccc(C(F)(F)F)c2)nc(N2CCOCC2)n1. The quantitative estimate of drug-likeness (QED) is 0.803. The molecule has 1 fully saturated rings. The third kappa shape index (κ3) is 4.80. The summed E-state index contributed by atoms with van der Waals surface area (Å²) < 4.78 is 44.3. The summed E-state index contributed by atoms with van der Waals surface area (Å²) in [4.78, 5) is 17.3. The molecule has 152 valence electrons. The lowest BCUT2D eigenvalue weighted by Crippen LogP contribution is -2.38. The molecule has 0 atom stereocenters. The van der Waals surface area contributed by atoms with E-state index in [-0.39, 0.29) is 11.6 Å².